The molecule has 9 nitrogen and oxygen atoms in total. The zero-order chi connectivity index (χ0) is 24.4. The molecule has 0 aliphatic carbocycles. The fraction of sp³-hybridized carbons (Fsp3) is 0.0800. The molecule has 1 amide bonds. The van der Waals surface area contributed by atoms with Crippen LogP contribution in [0.1, 0.15) is 5.56 Å². The molecule has 5 rings (SSSR count). The third kappa shape index (κ3) is 4.98. The van der Waals surface area contributed by atoms with E-state index in [1.807, 2.05) is 42.5 Å². The lowest BCUT2D eigenvalue weighted by molar-refractivity contribution is -0.121. The number of primary sulfonamides is 1. The molecule has 3 heterocycles. The van der Waals surface area contributed by atoms with Gasteiger partial charge in [0.1, 0.15) is 11.6 Å². The monoisotopic (exact) mass is 487 g/mol. The minimum Gasteiger partial charge on any atom is -0.482 e. The number of carbonyl (C=O) groups excluding carboxylic acids is 1. The maximum absolute atomic E-state index is 12.7. The first kappa shape index (κ1) is 22.5. The molecule has 0 atom stereocenters. The van der Waals surface area contributed by atoms with Gasteiger partial charge in [0, 0.05) is 24.3 Å². The molecule has 0 radical (unpaired) electrons. The number of ether oxygens (including phenoxy) is 1. The highest BCUT2D eigenvalue weighted by Crippen LogP contribution is 2.37. The standard InChI is InChI=1S/C25H21N5O4S/c26-35(32,33)21-4-2-20(3-5-21)29-24-14-19(9-12-28-24)18-1-6-23-22(13-18)30(25(31)16-34-23)15-17-7-10-27-11-8-17/h1-14H,15-16H2,(H,28,29)(H2,26,32,33). The van der Waals surface area contributed by atoms with Crippen LogP contribution in [0.2, 0.25) is 0 Å². The number of anilines is 3. The van der Waals surface area contributed by atoms with E-state index in [2.05, 4.69) is 15.3 Å². The molecule has 35 heavy (non-hydrogen) atoms. The van der Waals surface area contributed by atoms with Gasteiger partial charge in [0.2, 0.25) is 10.0 Å². The molecule has 0 saturated carbocycles. The van der Waals surface area contributed by atoms with E-state index in [1.54, 1.807) is 35.6 Å². The lowest BCUT2D eigenvalue weighted by atomic mass is 10.0. The highest BCUT2D eigenvalue weighted by molar-refractivity contribution is 7.89. The highest BCUT2D eigenvalue weighted by atomic mass is 32.2. The summed E-state index contributed by atoms with van der Waals surface area (Å²) in [7, 11) is -3.76. The average Bonchev–Trinajstić information content (AvgIpc) is 2.86. The van der Waals surface area contributed by atoms with Crippen molar-refractivity contribution in [2.75, 3.05) is 16.8 Å². The number of pyridine rings is 2. The van der Waals surface area contributed by atoms with Gasteiger partial charge >= 0.3 is 0 Å². The second-order valence-corrected chi connectivity index (χ2v) is 9.49. The molecule has 1 aliphatic rings. The topological polar surface area (TPSA) is 128 Å². The summed E-state index contributed by atoms with van der Waals surface area (Å²) in [5, 5.41) is 8.32. The van der Waals surface area contributed by atoms with E-state index in [1.165, 1.54) is 12.1 Å². The van der Waals surface area contributed by atoms with Crippen LogP contribution in [-0.4, -0.2) is 30.9 Å². The predicted molar refractivity (Wildman–Crippen MR) is 132 cm³/mol. The van der Waals surface area contributed by atoms with E-state index in [0.29, 0.717) is 29.5 Å². The molecule has 2 aromatic carbocycles. The van der Waals surface area contributed by atoms with Crippen LogP contribution >= 0.6 is 0 Å². The van der Waals surface area contributed by atoms with Crippen molar-refractivity contribution in [3.8, 4) is 16.9 Å². The highest BCUT2D eigenvalue weighted by Gasteiger charge is 2.26. The number of fused-ring (bicyclic) bond motifs is 1. The second-order valence-electron chi connectivity index (χ2n) is 7.93. The summed E-state index contributed by atoms with van der Waals surface area (Å²) in [6, 6.07) is 19.3. The Balaban J connectivity index is 1.42. The first-order valence-corrected chi connectivity index (χ1v) is 12.2. The fourth-order valence-electron chi connectivity index (χ4n) is 3.78. The molecule has 0 spiro atoms. The fourth-order valence-corrected chi connectivity index (χ4v) is 4.30. The van der Waals surface area contributed by atoms with Gasteiger partial charge in [-0.2, -0.15) is 0 Å². The van der Waals surface area contributed by atoms with Crippen molar-refractivity contribution in [2.45, 2.75) is 11.4 Å². The Bertz CT molecular complexity index is 1490. The number of amides is 1. The number of sulfonamides is 1. The van der Waals surface area contributed by atoms with Gasteiger partial charge in [0.15, 0.2) is 6.61 Å². The van der Waals surface area contributed by atoms with E-state index in [-0.39, 0.29) is 17.4 Å². The molecule has 0 bridgehead atoms. The minimum atomic E-state index is -3.76. The largest absolute Gasteiger partial charge is 0.482 e. The number of nitrogens with one attached hydrogen (secondary N) is 1. The summed E-state index contributed by atoms with van der Waals surface area (Å²) in [6.45, 7) is 0.407. The number of carbonyl (C=O) groups is 1. The number of hydrogen-bond acceptors (Lipinski definition) is 7. The Morgan fingerprint density at radius 2 is 1.69 bits per heavy atom. The Kier molecular flexibility index (Phi) is 5.89. The summed E-state index contributed by atoms with van der Waals surface area (Å²) >= 11 is 0. The molecular weight excluding hydrogens is 466 g/mol. The zero-order valence-corrected chi connectivity index (χ0v) is 19.3. The van der Waals surface area contributed by atoms with Crippen LogP contribution in [0.4, 0.5) is 17.2 Å². The average molecular weight is 488 g/mol. The summed E-state index contributed by atoms with van der Waals surface area (Å²) in [5.41, 5.74) is 4.09. The van der Waals surface area contributed by atoms with E-state index in [9.17, 15) is 13.2 Å². The van der Waals surface area contributed by atoms with Crippen LogP contribution in [0.15, 0.2) is 90.2 Å². The van der Waals surface area contributed by atoms with Gasteiger partial charge in [-0.3, -0.25) is 9.78 Å². The van der Waals surface area contributed by atoms with E-state index < -0.39 is 10.0 Å². The molecule has 1 aliphatic heterocycles. The normalized spacial score (nSPS) is 13.2. The van der Waals surface area contributed by atoms with Gasteiger partial charge in [0.25, 0.3) is 5.91 Å². The van der Waals surface area contributed by atoms with Crippen LogP contribution in [0, 0.1) is 0 Å². The number of hydrogen-bond donors (Lipinski definition) is 2. The molecule has 0 saturated heterocycles. The van der Waals surface area contributed by atoms with Crippen LogP contribution in [-0.2, 0) is 21.4 Å². The summed E-state index contributed by atoms with van der Waals surface area (Å²) < 4.78 is 28.6. The maximum Gasteiger partial charge on any atom is 0.265 e. The lowest BCUT2D eigenvalue weighted by Crippen LogP contribution is -2.38. The number of aromatic nitrogens is 2. The van der Waals surface area contributed by atoms with Gasteiger partial charge in [-0.05, 0) is 77.4 Å². The summed E-state index contributed by atoms with van der Waals surface area (Å²) in [4.78, 5) is 22.8. The second kappa shape index (κ2) is 9.16. The quantitative estimate of drug-likeness (QED) is 0.426. The van der Waals surface area contributed by atoms with Crippen molar-refractivity contribution in [1.82, 2.24) is 9.97 Å². The van der Waals surface area contributed by atoms with Crippen molar-refractivity contribution in [2.24, 2.45) is 5.14 Å². The van der Waals surface area contributed by atoms with Gasteiger partial charge in [-0.1, -0.05) is 6.07 Å². The van der Waals surface area contributed by atoms with Crippen molar-refractivity contribution >= 4 is 33.1 Å². The SMILES string of the molecule is NS(=O)(=O)c1ccc(Nc2cc(-c3ccc4c(c3)N(Cc3ccncc3)C(=O)CO4)ccn2)cc1. The Labute approximate surface area is 202 Å². The van der Waals surface area contributed by atoms with Gasteiger partial charge < -0.3 is 15.0 Å². The molecule has 176 valence electrons. The lowest BCUT2D eigenvalue weighted by Gasteiger charge is -2.30. The van der Waals surface area contributed by atoms with Gasteiger partial charge in [0.05, 0.1) is 17.1 Å². The van der Waals surface area contributed by atoms with Crippen molar-refractivity contribution in [3.05, 3.63) is 90.9 Å². The molecular formula is C25H21N5O4S. The molecule has 3 N–H and O–H groups in total. The van der Waals surface area contributed by atoms with E-state index >= 15 is 0 Å². The first-order chi connectivity index (χ1) is 16.9. The van der Waals surface area contributed by atoms with Crippen molar-refractivity contribution < 1.29 is 17.9 Å². The van der Waals surface area contributed by atoms with Gasteiger partial charge in [-0.25, -0.2) is 18.5 Å². The summed E-state index contributed by atoms with van der Waals surface area (Å²) in [6.07, 6.45) is 5.07. The molecule has 0 unspecified atom stereocenters. The third-order valence-electron chi connectivity index (χ3n) is 5.54. The Morgan fingerprint density at radius 3 is 2.43 bits per heavy atom. The molecule has 4 aromatic rings. The Morgan fingerprint density at radius 1 is 0.943 bits per heavy atom. The minimum absolute atomic E-state index is 0.00893. The third-order valence-corrected chi connectivity index (χ3v) is 6.47. The number of nitrogens with zero attached hydrogens (tertiary/aromatic N) is 3. The maximum atomic E-state index is 12.7. The molecule has 2 aromatic heterocycles. The number of benzene rings is 2. The molecule has 10 heteroatoms. The van der Waals surface area contributed by atoms with Crippen LogP contribution in [0.5, 0.6) is 5.75 Å². The first-order valence-electron chi connectivity index (χ1n) is 10.7. The Hall–Kier alpha value is -4.28. The number of nitrogens with two attached hydrogens (primary N) is 1. The van der Waals surface area contributed by atoms with Crippen LogP contribution in [0.25, 0.3) is 11.1 Å². The predicted octanol–water partition coefficient (Wildman–Crippen LogP) is 3.46. The summed E-state index contributed by atoms with van der Waals surface area (Å²) in [5.74, 6) is 1.10. The van der Waals surface area contributed by atoms with Gasteiger partial charge in [-0.15, -0.1) is 0 Å². The van der Waals surface area contributed by atoms with Crippen LogP contribution < -0.4 is 20.1 Å². The van der Waals surface area contributed by atoms with E-state index in [0.717, 1.165) is 16.7 Å². The smallest absolute Gasteiger partial charge is 0.265 e. The zero-order valence-electron chi connectivity index (χ0n) is 18.5. The van der Waals surface area contributed by atoms with Crippen molar-refractivity contribution in [3.63, 3.8) is 0 Å². The molecule has 0 fully saturated rings. The number of rotatable bonds is 6. The van der Waals surface area contributed by atoms with Crippen molar-refractivity contribution in [1.29, 1.82) is 0 Å². The van der Waals surface area contributed by atoms with Crippen LogP contribution in [0.3, 0.4) is 0 Å². The van der Waals surface area contributed by atoms with E-state index in [4.69, 9.17) is 9.88 Å².